The maximum atomic E-state index is 11.7. The van der Waals surface area contributed by atoms with Gasteiger partial charge in [0.15, 0.2) is 0 Å². The van der Waals surface area contributed by atoms with Crippen molar-refractivity contribution in [2.45, 2.75) is 0 Å². The maximum Gasteiger partial charge on any atom is 0.325 e. The molecule has 0 radical (unpaired) electrons. The molecule has 0 spiro atoms. The number of rotatable bonds is 4. The fraction of sp³-hybridized carbons (Fsp3) is 0.273. The first-order valence-corrected chi connectivity index (χ1v) is 4.87. The minimum Gasteiger partial charge on any atom is -0.497 e. The van der Waals surface area contributed by atoms with E-state index in [1.54, 1.807) is 12.1 Å². The van der Waals surface area contributed by atoms with Crippen LogP contribution in [0.1, 0.15) is 10.4 Å². The third kappa shape index (κ3) is 3.37. The van der Waals surface area contributed by atoms with Crippen molar-refractivity contribution in [3.63, 3.8) is 0 Å². The maximum absolute atomic E-state index is 11.7. The van der Waals surface area contributed by atoms with Crippen molar-refractivity contribution in [3.05, 3.63) is 23.8 Å². The number of anilines is 1. The van der Waals surface area contributed by atoms with Crippen LogP contribution in [0, 0.1) is 0 Å². The molecule has 0 aliphatic carbocycles. The van der Waals surface area contributed by atoms with Crippen molar-refractivity contribution >= 4 is 17.6 Å². The SMILES string of the molecule is COC(=O)CNC(=O)c1cc(OC)ccc1N. The molecule has 3 N–H and O–H groups in total. The lowest BCUT2D eigenvalue weighted by atomic mass is 10.1. The van der Waals surface area contributed by atoms with Crippen LogP contribution in [0.4, 0.5) is 5.69 Å². The van der Waals surface area contributed by atoms with Crippen molar-refractivity contribution in [1.82, 2.24) is 5.32 Å². The second-order valence-corrected chi connectivity index (χ2v) is 3.21. The first-order valence-electron chi connectivity index (χ1n) is 4.87. The van der Waals surface area contributed by atoms with Gasteiger partial charge in [0.05, 0.1) is 19.8 Å². The van der Waals surface area contributed by atoms with Gasteiger partial charge in [-0.25, -0.2) is 0 Å². The molecule has 0 unspecified atom stereocenters. The minimum absolute atomic E-state index is 0.202. The summed E-state index contributed by atoms with van der Waals surface area (Å²) in [5.41, 5.74) is 6.22. The summed E-state index contributed by atoms with van der Waals surface area (Å²) in [6, 6.07) is 4.71. The fourth-order valence-electron chi connectivity index (χ4n) is 1.18. The number of carbonyl (C=O) groups is 2. The number of esters is 1. The van der Waals surface area contributed by atoms with Crippen molar-refractivity contribution in [2.75, 3.05) is 26.5 Å². The number of nitrogens with two attached hydrogens (primary N) is 1. The third-order valence-electron chi connectivity index (χ3n) is 2.13. The molecule has 1 aromatic rings. The van der Waals surface area contributed by atoms with Crippen LogP contribution in [0.25, 0.3) is 0 Å². The number of hydrogen-bond donors (Lipinski definition) is 2. The highest BCUT2D eigenvalue weighted by Crippen LogP contribution is 2.19. The molecule has 0 saturated heterocycles. The zero-order valence-corrected chi connectivity index (χ0v) is 9.65. The molecule has 0 bridgehead atoms. The Hall–Kier alpha value is -2.24. The molecular formula is C11H14N2O4. The van der Waals surface area contributed by atoms with Gasteiger partial charge in [0.2, 0.25) is 0 Å². The van der Waals surface area contributed by atoms with Gasteiger partial charge < -0.3 is 20.5 Å². The molecular weight excluding hydrogens is 224 g/mol. The molecule has 92 valence electrons. The monoisotopic (exact) mass is 238 g/mol. The fourth-order valence-corrected chi connectivity index (χ4v) is 1.18. The Kier molecular flexibility index (Phi) is 4.33. The smallest absolute Gasteiger partial charge is 0.325 e. The second kappa shape index (κ2) is 5.74. The highest BCUT2D eigenvalue weighted by atomic mass is 16.5. The summed E-state index contributed by atoms with van der Waals surface area (Å²) in [7, 11) is 2.73. The molecule has 0 saturated carbocycles. The molecule has 0 heterocycles. The van der Waals surface area contributed by atoms with Crippen molar-refractivity contribution < 1.29 is 19.1 Å². The van der Waals surface area contributed by atoms with Gasteiger partial charge in [0.1, 0.15) is 12.3 Å². The van der Waals surface area contributed by atoms with Crippen LogP contribution in [0.15, 0.2) is 18.2 Å². The average Bonchev–Trinajstić information content (AvgIpc) is 2.36. The summed E-state index contributed by atoms with van der Waals surface area (Å²) in [4.78, 5) is 22.6. The minimum atomic E-state index is -0.528. The standard InChI is InChI=1S/C11H14N2O4/c1-16-7-3-4-9(12)8(5-7)11(15)13-6-10(14)17-2/h3-5H,6,12H2,1-2H3,(H,13,15). The number of ether oxygens (including phenoxy) is 2. The van der Waals surface area contributed by atoms with Crippen LogP contribution < -0.4 is 15.8 Å². The van der Waals surface area contributed by atoms with E-state index in [1.165, 1.54) is 20.3 Å². The van der Waals surface area contributed by atoms with E-state index in [0.29, 0.717) is 11.4 Å². The normalized spacial score (nSPS) is 9.53. The molecule has 0 aliphatic heterocycles. The van der Waals surface area contributed by atoms with Gasteiger partial charge in [-0.2, -0.15) is 0 Å². The Morgan fingerprint density at radius 2 is 2.06 bits per heavy atom. The number of methoxy groups -OCH3 is 2. The van der Waals surface area contributed by atoms with E-state index >= 15 is 0 Å². The molecule has 0 aliphatic rings. The number of amides is 1. The van der Waals surface area contributed by atoms with Gasteiger partial charge in [-0.3, -0.25) is 9.59 Å². The predicted octanol–water partition coefficient (Wildman–Crippen LogP) is 0.180. The Labute approximate surface area is 98.7 Å². The third-order valence-corrected chi connectivity index (χ3v) is 2.13. The number of nitrogens with one attached hydrogen (secondary N) is 1. The molecule has 6 nitrogen and oxygen atoms in total. The first kappa shape index (κ1) is 12.8. The number of benzene rings is 1. The van der Waals surface area contributed by atoms with Crippen LogP contribution in [0.3, 0.4) is 0 Å². The lowest BCUT2D eigenvalue weighted by Gasteiger charge is -2.08. The molecule has 0 aromatic heterocycles. The lowest BCUT2D eigenvalue weighted by Crippen LogP contribution is -2.30. The highest BCUT2D eigenvalue weighted by Gasteiger charge is 2.12. The zero-order chi connectivity index (χ0) is 12.8. The van der Waals surface area contributed by atoms with Crippen molar-refractivity contribution in [3.8, 4) is 5.75 Å². The van der Waals surface area contributed by atoms with E-state index < -0.39 is 11.9 Å². The summed E-state index contributed by atoms with van der Waals surface area (Å²) < 4.78 is 9.38. The predicted molar refractivity (Wildman–Crippen MR) is 61.8 cm³/mol. The summed E-state index contributed by atoms with van der Waals surface area (Å²) >= 11 is 0. The van der Waals surface area contributed by atoms with Gasteiger partial charge in [-0.1, -0.05) is 0 Å². The molecule has 6 heteroatoms. The van der Waals surface area contributed by atoms with E-state index in [0.717, 1.165) is 0 Å². The zero-order valence-electron chi connectivity index (χ0n) is 9.65. The summed E-state index contributed by atoms with van der Waals surface area (Å²) in [6.07, 6.45) is 0. The Bertz CT molecular complexity index is 431. The number of nitrogen functional groups attached to an aromatic ring is 1. The average molecular weight is 238 g/mol. The van der Waals surface area contributed by atoms with Crippen LogP contribution in [-0.2, 0) is 9.53 Å². The lowest BCUT2D eigenvalue weighted by molar-refractivity contribution is -0.139. The first-order chi connectivity index (χ1) is 8.08. The Morgan fingerprint density at radius 1 is 1.35 bits per heavy atom. The molecule has 0 atom stereocenters. The highest BCUT2D eigenvalue weighted by molar-refractivity contribution is 6.00. The Morgan fingerprint density at radius 3 is 2.65 bits per heavy atom. The van der Waals surface area contributed by atoms with E-state index in [2.05, 4.69) is 10.1 Å². The largest absolute Gasteiger partial charge is 0.497 e. The van der Waals surface area contributed by atoms with E-state index in [1.807, 2.05) is 0 Å². The molecule has 1 amide bonds. The molecule has 1 rings (SSSR count). The van der Waals surface area contributed by atoms with E-state index in [4.69, 9.17) is 10.5 Å². The quantitative estimate of drug-likeness (QED) is 0.576. The van der Waals surface area contributed by atoms with Crippen LogP contribution in [0.5, 0.6) is 5.75 Å². The molecule has 1 aromatic carbocycles. The molecule has 0 fully saturated rings. The summed E-state index contributed by atoms with van der Waals surface area (Å²) in [5.74, 6) is -0.464. The van der Waals surface area contributed by atoms with Crippen LogP contribution in [0.2, 0.25) is 0 Å². The summed E-state index contributed by atoms with van der Waals surface area (Å²) in [5, 5.41) is 2.39. The van der Waals surface area contributed by atoms with Crippen molar-refractivity contribution in [1.29, 1.82) is 0 Å². The van der Waals surface area contributed by atoms with E-state index in [9.17, 15) is 9.59 Å². The van der Waals surface area contributed by atoms with Gasteiger partial charge in [0.25, 0.3) is 5.91 Å². The Balaban J connectivity index is 2.77. The molecule has 17 heavy (non-hydrogen) atoms. The topological polar surface area (TPSA) is 90.6 Å². The van der Waals surface area contributed by atoms with Gasteiger partial charge in [-0.05, 0) is 18.2 Å². The van der Waals surface area contributed by atoms with Crippen LogP contribution >= 0.6 is 0 Å². The van der Waals surface area contributed by atoms with Gasteiger partial charge >= 0.3 is 5.97 Å². The number of hydrogen-bond acceptors (Lipinski definition) is 5. The van der Waals surface area contributed by atoms with Gasteiger partial charge in [-0.15, -0.1) is 0 Å². The second-order valence-electron chi connectivity index (χ2n) is 3.21. The summed E-state index contributed by atoms with van der Waals surface area (Å²) in [6.45, 7) is -0.202. The van der Waals surface area contributed by atoms with Gasteiger partial charge in [0, 0.05) is 5.69 Å². The van der Waals surface area contributed by atoms with Crippen molar-refractivity contribution in [2.24, 2.45) is 0 Å². The van der Waals surface area contributed by atoms with Crippen LogP contribution in [-0.4, -0.2) is 32.6 Å². The number of carbonyl (C=O) groups excluding carboxylic acids is 2. The van der Waals surface area contributed by atoms with E-state index in [-0.39, 0.29) is 12.1 Å².